The lowest BCUT2D eigenvalue weighted by atomic mass is 10.00. The van der Waals surface area contributed by atoms with E-state index < -0.39 is 11.6 Å². The van der Waals surface area contributed by atoms with Crippen LogP contribution in [0.5, 0.6) is 0 Å². The maximum atomic E-state index is 12.5. The number of nitrogens with two attached hydrogens (primary N) is 1. The number of hydrogen-bond donors (Lipinski definition) is 1. The summed E-state index contributed by atoms with van der Waals surface area (Å²) in [6.07, 6.45) is 5.03. The maximum Gasteiger partial charge on any atom is 0.131 e. The number of nitrogens with zero attached hydrogens (tertiary/aromatic N) is 1. The van der Waals surface area contributed by atoms with E-state index >= 15 is 0 Å². The Labute approximate surface area is 124 Å². The minimum absolute atomic E-state index is 0.00852. The van der Waals surface area contributed by atoms with Gasteiger partial charge in [0, 0.05) is 11.3 Å². The molecule has 0 radical (unpaired) electrons. The van der Waals surface area contributed by atoms with Gasteiger partial charge in [0.25, 0.3) is 0 Å². The Bertz CT molecular complexity index is 395. The molecule has 2 N–H and O–H groups in total. The van der Waals surface area contributed by atoms with Crippen LogP contribution >= 0.6 is 11.8 Å². The average molecular weight is 302 g/mol. The van der Waals surface area contributed by atoms with E-state index in [0.717, 1.165) is 18.1 Å². The van der Waals surface area contributed by atoms with Gasteiger partial charge in [-0.15, -0.1) is 0 Å². The average Bonchev–Trinajstić information content (AvgIpc) is 2.40. The lowest BCUT2D eigenvalue weighted by Crippen LogP contribution is -2.30. The van der Waals surface area contributed by atoms with E-state index in [1.165, 1.54) is 38.6 Å². The molecule has 114 valence electrons. The number of likely N-dealkylation sites (tertiary alicyclic amines) is 1. The van der Waals surface area contributed by atoms with Crippen LogP contribution < -0.4 is 5.73 Å². The maximum absolute atomic E-state index is 12.5. The molecule has 1 aliphatic heterocycles. The quantitative estimate of drug-likeness (QED) is 0.847. The molecule has 2 nitrogen and oxygen atoms in total. The normalized spacial score (nSPS) is 16.6. The van der Waals surface area contributed by atoms with Crippen molar-refractivity contribution in [1.29, 1.82) is 0 Å². The molecule has 1 aromatic carbocycles. The highest BCUT2D eigenvalue weighted by molar-refractivity contribution is 7.98. The predicted octanol–water partition coefficient (Wildman–Crippen LogP) is 3.55. The zero-order valence-electron chi connectivity index (χ0n) is 12.5. The summed E-state index contributed by atoms with van der Waals surface area (Å²) in [6, 6.07) is 2.19. The first-order valence-corrected chi connectivity index (χ1v) is 8.22. The molecule has 0 aromatic heterocycles. The van der Waals surface area contributed by atoms with Crippen LogP contribution in [0, 0.1) is 24.5 Å². The van der Waals surface area contributed by atoms with Crippen LogP contribution in [0.15, 0.2) is 12.1 Å². The number of anilines is 1. The van der Waals surface area contributed by atoms with Crippen LogP contribution in [-0.2, 0) is 0 Å². The number of benzene rings is 1. The standard InChI is InChI=1S/C8H17NS.C7H7F2N/c1-9-5-3-8(4-6-9)7-10-2;1-4-6(8)2-5(10)3-7(4)9/h8H,3-7H2,1-2H3;2-3H,10H2,1H3. The Morgan fingerprint density at radius 3 is 2.20 bits per heavy atom. The zero-order valence-corrected chi connectivity index (χ0v) is 13.3. The Balaban J connectivity index is 0.000000200. The highest BCUT2D eigenvalue weighted by Gasteiger charge is 2.15. The molecule has 1 aromatic rings. The van der Waals surface area contributed by atoms with Gasteiger partial charge in [0.2, 0.25) is 0 Å². The van der Waals surface area contributed by atoms with Crippen molar-refractivity contribution in [2.45, 2.75) is 19.8 Å². The number of thioether (sulfide) groups is 1. The monoisotopic (exact) mass is 302 g/mol. The molecule has 0 saturated carbocycles. The van der Waals surface area contributed by atoms with E-state index in [-0.39, 0.29) is 11.3 Å². The molecule has 0 atom stereocenters. The van der Waals surface area contributed by atoms with E-state index in [9.17, 15) is 8.78 Å². The van der Waals surface area contributed by atoms with Crippen LogP contribution in [0.2, 0.25) is 0 Å². The molecule has 20 heavy (non-hydrogen) atoms. The van der Waals surface area contributed by atoms with Crippen molar-refractivity contribution < 1.29 is 8.78 Å². The molecule has 0 spiro atoms. The van der Waals surface area contributed by atoms with Gasteiger partial charge in [0.15, 0.2) is 0 Å². The third kappa shape index (κ3) is 5.67. The van der Waals surface area contributed by atoms with Gasteiger partial charge in [0.1, 0.15) is 11.6 Å². The second-order valence-electron chi connectivity index (χ2n) is 5.31. The minimum Gasteiger partial charge on any atom is -0.399 e. The van der Waals surface area contributed by atoms with Gasteiger partial charge in [-0.1, -0.05) is 0 Å². The Morgan fingerprint density at radius 1 is 1.25 bits per heavy atom. The second kappa shape index (κ2) is 8.47. The van der Waals surface area contributed by atoms with Gasteiger partial charge in [-0.2, -0.15) is 11.8 Å². The number of halogens is 2. The second-order valence-corrected chi connectivity index (χ2v) is 6.22. The number of rotatable bonds is 2. The first-order valence-electron chi connectivity index (χ1n) is 6.82. The van der Waals surface area contributed by atoms with Crippen LogP contribution in [-0.4, -0.2) is 37.0 Å². The molecular weight excluding hydrogens is 278 g/mol. The molecule has 1 fully saturated rings. The van der Waals surface area contributed by atoms with Gasteiger partial charge in [0.05, 0.1) is 0 Å². The van der Waals surface area contributed by atoms with Crippen molar-refractivity contribution in [3.05, 3.63) is 29.3 Å². The zero-order chi connectivity index (χ0) is 15.1. The third-order valence-corrected chi connectivity index (χ3v) is 4.35. The fraction of sp³-hybridized carbons (Fsp3) is 0.600. The van der Waals surface area contributed by atoms with Gasteiger partial charge >= 0.3 is 0 Å². The summed E-state index contributed by atoms with van der Waals surface area (Å²) in [6.45, 7) is 3.99. The summed E-state index contributed by atoms with van der Waals surface area (Å²) < 4.78 is 25.0. The van der Waals surface area contributed by atoms with E-state index in [1.807, 2.05) is 11.8 Å². The fourth-order valence-corrected chi connectivity index (χ4v) is 2.93. The number of piperidine rings is 1. The van der Waals surface area contributed by atoms with E-state index in [1.54, 1.807) is 0 Å². The molecule has 1 aliphatic rings. The molecule has 1 saturated heterocycles. The highest BCUT2D eigenvalue weighted by atomic mass is 32.2. The molecular formula is C15H24F2N2S. The van der Waals surface area contributed by atoms with E-state index in [0.29, 0.717) is 0 Å². The molecule has 0 amide bonds. The Morgan fingerprint density at radius 2 is 1.75 bits per heavy atom. The Kier molecular flexibility index (Phi) is 7.30. The van der Waals surface area contributed by atoms with E-state index in [4.69, 9.17) is 5.73 Å². The Hall–Kier alpha value is -0.810. The topological polar surface area (TPSA) is 29.3 Å². The summed E-state index contributed by atoms with van der Waals surface area (Å²) >= 11 is 1.99. The first-order chi connectivity index (χ1) is 9.43. The van der Waals surface area contributed by atoms with Crippen molar-refractivity contribution in [3.63, 3.8) is 0 Å². The molecule has 0 aliphatic carbocycles. The van der Waals surface area contributed by atoms with Gasteiger partial charge < -0.3 is 10.6 Å². The third-order valence-electron chi connectivity index (χ3n) is 3.54. The SMILES string of the molecule is CSCC1CCN(C)CC1.Cc1c(F)cc(N)cc1F. The van der Waals surface area contributed by atoms with Crippen LogP contribution in [0.3, 0.4) is 0 Å². The van der Waals surface area contributed by atoms with Gasteiger partial charge in [-0.3, -0.25) is 0 Å². The van der Waals surface area contributed by atoms with Gasteiger partial charge in [-0.25, -0.2) is 8.78 Å². The van der Waals surface area contributed by atoms with Crippen molar-refractivity contribution in [2.75, 3.05) is 37.9 Å². The van der Waals surface area contributed by atoms with Crippen molar-refractivity contribution in [2.24, 2.45) is 5.92 Å². The van der Waals surface area contributed by atoms with Crippen molar-refractivity contribution >= 4 is 17.4 Å². The summed E-state index contributed by atoms with van der Waals surface area (Å²) in [7, 11) is 2.22. The smallest absolute Gasteiger partial charge is 0.131 e. The highest BCUT2D eigenvalue weighted by Crippen LogP contribution is 2.19. The van der Waals surface area contributed by atoms with E-state index in [2.05, 4.69) is 18.2 Å². The summed E-state index contributed by atoms with van der Waals surface area (Å²) in [4.78, 5) is 2.43. The van der Waals surface area contributed by atoms with Crippen LogP contribution in [0.25, 0.3) is 0 Å². The molecule has 0 unspecified atom stereocenters. The fourth-order valence-electron chi connectivity index (χ4n) is 2.13. The predicted molar refractivity (Wildman–Crippen MR) is 84.1 cm³/mol. The van der Waals surface area contributed by atoms with Crippen LogP contribution in [0.4, 0.5) is 14.5 Å². The largest absolute Gasteiger partial charge is 0.399 e. The van der Waals surface area contributed by atoms with Gasteiger partial charge in [-0.05, 0) is 70.0 Å². The van der Waals surface area contributed by atoms with Crippen molar-refractivity contribution in [1.82, 2.24) is 4.90 Å². The van der Waals surface area contributed by atoms with Crippen molar-refractivity contribution in [3.8, 4) is 0 Å². The lowest BCUT2D eigenvalue weighted by molar-refractivity contribution is 0.232. The summed E-state index contributed by atoms with van der Waals surface area (Å²) in [5, 5.41) is 0. The number of hydrogen-bond acceptors (Lipinski definition) is 3. The summed E-state index contributed by atoms with van der Waals surface area (Å²) in [5.41, 5.74) is 5.27. The molecule has 5 heteroatoms. The number of nitrogen functional groups attached to an aromatic ring is 1. The first kappa shape index (κ1) is 17.2. The molecule has 2 rings (SSSR count). The molecule has 0 bridgehead atoms. The van der Waals surface area contributed by atoms with Crippen LogP contribution in [0.1, 0.15) is 18.4 Å². The minimum atomic E-state index is -0.600. The summed E-state index contributed by atoms with van der Waals surface area (Å²) in [5.74, 6) is 1.18. The molecule has 1 heterocycles. The lowest BCUT2D eigenvalue weighted by Gasteiger charge is -2.28.